The lowest BCUT2D eigenvalue weighted by Crippen LogP contribution is -2.09. The van der Waals surface area contributed by atoms with Crippen LogP contribution in [0, 0.1) is 0 Å². The van der Waals surface area contributed by atoms with Gasteiger partial charge in [0.1, 0.15) is 0 Å². The molecule has 1 aromatic rings. The fourth-order valence-corrected chi connectivity index (χ4v) is 1.99. The molecule has 0 saturated heterocycles. The lowest BCUT2D eigenvalue weighted by Gasteiger charge is -2.05. The van der Waals surface area contributed by atoms with E-state index in [9.17, 15) is 0 Å². The van der Waals surface area contributed by atoms with E-state index in [1.54, 1.807) is 11.3 Å². The van der Waals surface area contributed by atoms with Crippen molar-refractivity contribution in [1.29, 1.82) is 0 Å². The summed E-state index contributed by atoms with van der Waals surface area (Å²) in [7, 11) is 4.15. The second-order valence-electron chi connectivity index (χ2n) is 2.50. The molecule has 0 spiro atoms. The summed E-state index contributed by atoms with van der Waals surface area (Å²) in [6, 6.07) is 2.16. The van der Waals surface area contributed by atoms with Gasteiger partial charge in [-0.15, -0.1) is 11.3 Å². The summed E-state index contributed by atoms with van der Waals surface area (Å²) in [5.74, 6) is 0. The molecule has 0 unspecified atom stereocenters. The quantitative estimate of drug-likeness (QED) is 0.740. The minimum atomic E-state index is 1.03. The van der Waals surface area contributed by atoms with Gasteiger partial charge >= 0.3 is 0 Å². The van der Waals surface area contributed by atoms with Crippen LogP contribution in [0.1, 0.15) is 5.56 Å². The molecule has 3 heteroatoms. The van der Waals surface area contributed by atoms with Crippen LogP contribution in [-0.2, 0) is 6.54 Å². The highest BCUT2D eigenvalue weighted by molar-refractivity contribution is 9.11. The Kier molecular flexibility index (Phi) is 2.89. The first kappa shape index (κ1) is 8.24. The summed E-state index contributed by atoms with van der Waals surface area (Å²) in [5.41, 5.74) is 1.38. The van der Waals surface area contributed by atoms with Crippen molar-refractivity contribution in [2.24, 2.45) is 0 Å². The molecule has 0 bridgehead atoms. The fourth-order valence-electron chi connectivity index (χ4n) is 0.794. The monoisotopic (exact) mass is 219 g/mol. The van der Waals surface area contributed by atoms with E-state index in [4.69, 9.17) is 0 Å². The zero-order valence-corrected chi connectivity index (χ0v) is 8.50. The number of hydrogen-bond acceptors (Lipinski definition) is 2. The topological polar surface area (TPSA) is 3.24 Å². The van der Waals surface area contributed by atoms with Crippen LogP contribution in [0.2, 0.25) is 0 Å². The summed E-state index contributed by atoms with van der Waals surface area (Å²) in [6.07, 6.45) is 0. The molecular weight excluding hydrogens is 210 g/mol. The van der Waals surface area contributed by atoms with Gasteiger partial charge in [-0.05, 0) is 47.0 Å². The third-order valence-corrected chi connectivity index (χ3v) is 2.67. The normalized spacial score (nSPS) is 10.8. The molecule has 56 valence electrons. The summed E-state index contributed by atoms with van der Waals surface area (Å²) in [5, 5.41) is 2.17. The van der Waals surface area contributed by atoms with E-state index in [1.165, 1.54) is 9.35 Å². The van der Waals surface area contributed by atoms with E-state index in [2.05, 4.69) is 46.4 Å². The summed E-state index contributed by atoms with van der Waals surface area (Å²) in [6.45, 7) is 1.03. The Labute approximate surface area is 73.8 Å². The summed E-state index contributed by atoms with van der Waals surface area (Å²) < 4.78 is 1.21. The van der Waals surface area contributed by atoms with E-state index in [1.807, 2.05) is 0 Å². The largest absolute Gasteiger partial charge is 0.305 e. The number of hydrogen-bond donors (Lipinski definition) is 0. The summed E-state index contributed by atoms with van der Waals surface area (Å²) >= 11 is 5.16. The van der Waals surface area contributed by atoms with Crippen molar-refractivity contribution in [1.82, 2.24) is 4.90 Å². The molecule has 0 fully saturated rings. The van der Waals surface area contributed by atoms with Crippen LogP contribution in [0.15, 0.2) is 15.2 Å². The Balaban J connectivity index is 2.58. The number of nitrogens with zero attached hydrogens (tertiary/aromatic N) is 1. The zero-order valence-electron chi connectivity index (χ0n) is 6.10. The average Bonchev–Trinajstić information content (AvgIpc) is 2.13. The molecule has 1 aromatic heterocycles. The van der Waals surface area contributed by atoms with Crippen molar-refractivity contribution in [3.63, 3.8) is 0 Å². The van der Waals surface area contributed by atoms with Gasteiger partial charge in [0.15, 0.2) is 0 Å². The molecule has 0 saturated carbocycles. The van der Waals surface area contributed by atoms with Crippen LogP contribution in [0.4, 0.5) is 0 Å². The van der Waals surface area contributed by atoms with Gasteiger partial charge in [-0.25, -0.2) is 0 Å². The first-order valence-electron chi connectivity index (χ1n) is 3.06. The molecule has 0 aliphatic carbocycles. The van der Waals surface area contributed by atoms with Crippen LogP contribution >= 0.6 is 27.3 Å². The van der Waals surface area contributed by atoms with Gasteiger partial charge < -0.3 is 4.90 Å². The highest BCUT2D eigenvalue weighted by Crippen LogP contribution is 2.20. The molecule has 10 heavy (non-hydrogen) atoms. The lowest BCUT2D eigenvalue weighted by molar-refractivity contribution is 0.403. The SMILES string of the molecule is CN(C)Cc1csc(Br)c1. The maximum atomic E-state index is 3.42. The molecule has 0 amide bonds. The number of thiophene rings is 1. The third kappa shape index (κ3) is 2.40. The predicted octanol–water partition coefficient (Wildman–Crippen LogP) is 2.57. The van der Waals surface area contributed by atoms with Gasteiger partial charge in [-0.2, -0.15) is 0 Å². The first-order valence-corrected chi connectivity index (χ1v) is 4.73. The molecule has 0 aromatic carbocycles. The van der Waals surface area contributed by atoms with E-state index in [-0.39, 0.29) is 0 Å². The minimum absolute atomic E-state index is 1.03. The van der Waals surface area contributed by atoms with Crippen LogP contribution < -0.4 is 0 Å². The molecule has 1 nitrogen and oxygen atoms in total. The Morgan fingerprint density at radius 3 is 2.70 bits per heavy atom. The Morgan fingerprint density at radius 1 is 1.60 bits per heavy atom. The van der Waals surface area contributed by atoms with Gasteiger partial charge in [0.2, 0.25) is 0 Å². The molecule has 0 atom stereocenters. The lowest BCUT2D eigenvalue weighted by atomic mass is 10.3. The minimum Gasteiger partial charge on any atom is -0.305 e. The third-order valence-electron chi connectivity index (χ3n) is 1.12. The van der Waals surface area contributed by atoms with Crippen LogP contribution in [0.3, 0.4) is 0 Å². The highest BCUT2D eigenvalue weighted by Gasteiger charge is 1.96. The number of halogens is 1. The predicted molar refractivity (Wildman–Crippen MR) is 49.4 cm³/mol. The van der Waals surface area contributed by atoms with Crippen molar-refractivity contribution in [3.05, 3.63) is 20.8 Å². The molecule has 0 aliphatic heterocycles. The van der Waals surface area contributed by atoms with E-state index < -0.39 is 0 Å². The maximum absolute atomic E-state index is 3.42. The van der Waals surface area contributed by atoms with Crippen molar-refractivity contribution < 1.29 is 0 Å². The standard InChI is InChI=1S/C7H10BrNS/c1-9(2)4-6-3-7(8)10-5-6/h3,5H,4H2,1-2H3. The maximum Gasteiger partial charge on any atom is 0.0701 e. The van der Waals surface area contributed by atoms with Gasteiger partial charge in [0, 0.05) is 6.54 Å². The Morgan fingerprint density at radius 2 is 2.30 bits per heavy atom. The van der Waals surface area contributed by atoms with Crippen molar-refractivity contribution in [3.8, 4) is 0 Å². The van der Waals surface area contributed by atoms with Gasteiger partial charge in [0.05, 0.1) is 3.79 Å². The van der Waals surface area contributed by atoms with E-state index in [0.29, 0.717) is 0 Å². The molecule has 1 rings (SSSR count). The van der Waals surface area contributed by atoms with Crippen LogP contribution in [0.25, 0.3) is 0 Å². The first-order chi connectivity index (χ1) is 4.68. The van der Waals surface area contributed by atoms with Gasteiger partial charge in [-0.3, -0.25) is 0 Å². The number of rotatable bonds is 2. The highest BCUT2D eigenvalue weighted by atomic mass is 79.9. The summed E-state index contributed by atoms with van der Waals surface area (Å²) in [4.78, 5) is 2.16. The van der Waals surface area contributed by atoms with Gasteiger partial charge in [-0.1, -0.05) is 0 Å². The molecule has 1 heterocycles. The Hall–Kier alpha value is 0.140. The molecule has 0 N–H and O–H groups in total. The smallest absolute Gasteiger partial charge is 0.0701 e. The Bertz CT molecular complexity index is 207. The average molecular weight is 220 g/mol. The van der Waals surface area contributed by atoms with Gasteiger partial charge in [0.25, 0.3) is 0 Å². The van der Waals surface area contributed by atoms with Crippen LogP contribution in [-0.4, -0.2) is 19.0 Å². The second kappa shape index (κ2) is 3.51. The fraction of sp³-hybridized carbons (Fsp3) is 0.429. The zero-order chi connectivity index (χ0) is 7.56. The van der Waals surface area contributed by atoms with Crippen molar-refractivity contribution in [2.75, 3.05) is 14.1 Å². The molecule has 0 radical (unpaired) electrons. The van der Waals surface area contributed by atoms with E-state index >= 15 is 0 Å². The van der Waals surface area contributed by atoms with Crippen molar-refractivity contribution >= 4 is 27.3 Å². The van der Waals surface area contributed by atoms with Crippen molar-refractivity contribution in [2.45, 2.75) is 6.54 Å². The van der Waals surface area contributed by atoms with E-state index in [0.717, 1.165) is 6.54 Å². The molecule has 0 aliphatic rings. The molecular formula is C7H10BrNS. The second-order valence-corrected chi connectivity index (χ2v) is 4.79. The van der Waals surface area contributed by atoms with Crippen LogP contribution in [0.5, 0.6) is 0 Å².